The zero-order valence-corrected chi connectivity index (χ0v) is 11.1. The predicted molar refractivity (Wildman–Crippen MR) is 76.6 cm³/mol. The Balaban J connectivity index is 2.07. The summed E-state index contributed by atoms with van der Waals surface area (Å²) in [6.07, 6.45) is 0. The van der Waals surface area contributed by atoms with Gasteiger partial charge >= 0.3 is 0 Å². The highest BCUT2D eigenvalue weighted by Gasteiger charge is 2.01. The summed E-state index contributed by atoms with van der Waals surface area (Å²) in [5, 5.41) is 9.40. The van der Waals surface area contributed by atoms with Crippen LogP contribution in [0.2, 0.25) is 5.02 Å². The molecule has 0 aliphatic carbocycles. The quantitative estimate of drug-likeness (QED) is 0.677. The van der Waals surface area contributed by atoms with Crippen LogP contribution in [0.1, 0.15) is 11.1 Å². The number of nitriles is 1. The molecule has 2 rings (SSSR count). The second kappa shape index (κ2) is 5.81. The van der Waals surface area contributed by atoms with Crippen molar-refractivity contribution in [1.29, 1.82) is 5.26 Å². The third kappa shape index (κ3) is 3.19. The molecule has 2 aromatic carbocycles. The first-order valence-electron chi connectivity index (χ1n) is 5.36. The van der Waals surface area contributed by atoms with E-state index in [1.807, 2.05) is 30.3 Å². The van der Waals surface area contributed by atoms with Crippen molar-refractivity contribution in [2.24, 2.45) is 0 Å². The van der Waals surface area contributed by atoms with Crippen LogP contribution in [0.3, 0.4) is 0 Å². The number of halogens is 1. The largest absolute Gasteiger partial charge is 0.398 e. The number of thioether (sulfide) groups is 1. The number of hydrogen-bond donors (Lipinski definition) is 1. The van der Waals surface area contributed by atoms with Crippen LogP contribution in [-0.4, -0.2) is 0 Å². The van der Waals surface area contributed by atoms with E-state index in [2.05, 4.69) is 6.07 Å². The lowest BCUT2D eigenvalue weighted by Gasteiger charge is -2.04. The number of hydrogen-bond acceptors (Lipinski definition) is 3. The summed E-state index contributed by atoms with van der Waals surface area (Å²) in [5.41, 5.74) is 8.05. The van der Waals surface area contributed by atoms with Crippen molar-refractivity contribution in [2.45, 2.75) is 10.6 Å². The topological polar surface area (TPSA) is 49.8 Å². The van der Waals surface area contributed by atoms with E-state index in [1.165, 1.54) is 0 Å². The molecule has 90 valence electrons. The number of nitrogens with zero attached hydrogens (tertiary/aromatic N) is 1. The van der Waals surface area contributed by atoms with Gasteiger partial charge in [0.2, 0.25) is 0 Å². The van der Waals surface area contributed by atoms with Gasteiger partial charge in [-0.05, 0) is 35.9 Å². The molecule has 0 spiro atoms. The fourth-order valence-corrected chi connectivity index (χ4v) is 2.62. The van der Waals surface area contributed by atoms with Crippen LogP contribution in [0.5, 0.6) is 0 Å². The molecular formula is C14H11ClN2S. The molecule has 0 fully saturated rings. The van der Waals surface area contributed by atoms with Gasteiger partial charge in [-0.15, -0.1) is 11.8 Å². The highest BCUT2D eigenvalue weighted by atomic mass is 35.5. The normalized spacial score (nSPS) is 10.0. The average molecular weight is 275 g/mol. The number of nitrogens with two attached hydrogens (primary N) is 1. The molecule has 0 aliphatic rings. The lowest BCUT2D eigenvalue weighted by atomic mass is 10.2. The van der Waals surface area contributed by atoms with Crippen molar-refractivity contribution < 1.29 is 0 Å². The van der Waals surface area contributed by atoms with Crippen molar-refractivity contribution in [1.82, 2.24) is 0 Å². The minimum absolute atomic E-state index is 0.575. The number of rotatable bonds is 3. The van der Waals surface area contributed by atoms with Crippen molar-refractivity contribution in [2.75, 3.05) is 5.73 Å². The van der Waals surface area contributed by atoms with Gasteiger partial charge < -0.3 is 5.73 Å². The van der Waals surface area contributed by atoms with Crippen LogP contribution in [0.15, 0.2) is 47.4 Å². The van der Waals surface area contributed by atoms with Gasteiger partial charge in [-0.25, -0.2) is 0 Å². The van der Waals surface area contributed by atoms with Gasteiger partial charge in [0.15, 0.2) is 0 Å². The molecule has 0 aromatic heterocycles. The van der Waals surface area contributed by atoms with Gasteiger partial charge in [0.25, 0.3) is 0 Å². The summed E-state index contributed by atoms with van der Waals surface area (Å²) in [4.78, 5) is 1.07. The van der Waals surface area contributed by atoms with E-state index >= 15 is 0 Å². The summed E-state index contributed by atoms with van der Waals surface area (Å²) in [6.45, 7) is 0. The second-order valence-electron chi connectivity index (χ2n) is 3.78. The van der Waals surface area contributed by atoms with E-state index < -0.39 is 0 Å². The van der Waals surface area contributed by atoms with Gasteiger partial charge in [-0.1, -0.05) is 23.7 Å². The Morgan fingerprint density at radius 2 is 2.06 bits per heavy atom. The minimum atomic E-state index is 0.575. The fraction of sp³-hybridized carbons (Fsp3) is 0.0714. The molecule has 0 atom stereocenters. The smallest absolute Gasteiger partial charge is 0.0991 e. The Kier molecular flexibility index (Phi) is 4.14. The van der Waals surface area contributed by atoms with E-state index in [0.29, 0.717) is 16.3 Å². The maximum absolute atomic E-state index is 8.83. The Labute approximate surface area is 115 Å². The molecule has 2 aromatic rings. The molecule has 0 aliphatic heterocycles. The molecule has 18 heavy (non-hydrogen) atoms. The lowest BCUT2D eigenvalue weighted by Crippen LogP contribution is -1.86. The Bertz CT molecular complexity index is 605. The summed E-state index contributed by atoms with van der Waals surface area (Å²) >= 11 is 7.63. The first-order valence-corrected chi connectivity index (χ1v) is 6.72. The lowest BCUT2D eigenvalue weighted by molar-refractivity contribution is 1.36. The van der Waals surface area contributed by atoms with Crippen LogP contribution in [0, 0.1) is 11.3 Å². The van der Waals surface area contributed by atoms with E-state index in [-0.39, 0.29) is 0 Å². The summed E-state index contributed by atoms with van der Waals surface area (Å²) in [7, 11) is 0. The van der Waals surface area contributed by atoms with Crippen LogP contribution < -0.4 is 5.73 Å². The van der Waals surface area contributed by atoms with Crippen LogP contribution in [0.4, 0.5) is 5.69 Å². The molecular weight excluding hydrogens is 264 g/mol. The molecule has 0 amide bonds. The SMILES string of the molecule is N#Cc1cccc(CSc2ccc(N)c(Cl)c2)c1. The van der Waals surface area contributed by atoms with Gasteiger partial charge in [-0.2, -0.15) is 5.26 Å². The molecule has 0 heterocycles. The van der Waals surface area contributed by atoms with Gasteiger partial charge in [0.05, 0.1) is 22.3 Å². The van der Waals surface area contributed by atoms with Crippen LogP contribution in [0.25, 0.3) is 0 Å². The van der Waals surface area contributed by atoms with Crippen molar-refractivity contribution >= 4 is 29.1 Å². The first-order chi connectivity index (χ1) is 8.69. The van der Waals surface area contributed by atoms with E-state index in [4.69, 9.17) is 22.6 Å². The number of benzene rings is 2. The first kappa shape index (κ1) is 12.8. The van der Waals surface area contributed by atoms with Crippen molar-refractivity contribution in [3.8, 4) is 6.07 Å². The molecule has 4 heteroatoms. The third-order valence-corrected chi connectivity index (χ3v) is 3.83. The monoisotopic (exact) mass is 274 g/mol. The third-order valence-electron chi connectivity index (χ3n) is 2.43. The molecule has 0 bridgehead atoms. The Morgan fingerprint density at radius 1 is 1.22 bits per heavy atom. The average Bonchev–Trinajstić information content (AvgIpc) is 2.40. The maximum Gasteiger partial charge on any atom is 0.0991 e. The number of anilines is 1. The molecule has 0 radical (unpaired) electrons. The highest BCUT2D eigenvalue weighted by molar-refractivity contribution is 7.98. The zero-order chi connectivity index (χ0) is 13.0. The van der Waals surface area contributed by atoms with Crippen molar-refractivity contribution in [3.63, 3.8) is 0 Å². The minimum Gasteiger partial charge on any atom is -0.398 e. The molecule has 0 saturated heterocycles. The molecule has 2 N–H and O–H groups in total. The highest BCUT2D eigenvalue weighted by Crippen LogP contribution is 2.28. The summed E-state index contributed by atoms with van der Waals surface area (Å²) in [6, 6.07) is 15.3. The van der Waals surface area contributed by atoms with Crippen molar-refractivity contribution in [3.05, 3.63) is 58.6 Å². The molecule has 0 saturated carbocycles. The standard InChI is InChI=1S/C14H11ClN2S/c15-13-7-12(4-5-14(13)17)18-9-11-3-1-2-10(6-11)8-16/h1-7H,9,17H2. The predicted octanol–water partition coefficient (Wildman–Crippen LogP) is 4.09. The fourth-order valence-electron chi connectivity index (χ4n) is 1.49. The van der Waals surface area contributed by atoms with Crippen LogP contribution >= 0.6 is 23.4 Å². The summed E-state index contributed by atoms with van der Waals surface area (Å²) < 4.78 is 0. The second-order valence-corrected chi connectivity index (χ2v) is 5.24. The van der Waals surface area contributed by atoms with Gasteiger partial charge in [-0.3, -0.25) is 0 Å². The Hall–Kier alpha value is -1.63. The summed E-state index contributed by atoms with van der Waals surface area (Å²) in [5.74, 6) is 0.801. The molecule has 2 nitrogen and oxygen atoms in total. The molecule has 0 unspecified atom stereocenters. The van der Waals surface area contributed by atoms with Gasteiger partial charge in [0.1, 0.15) is 0 Å². The van der Waals surface area contributed by atoms with E-state index in [1.54, 1.807) is 23.9 Å². The number of nitrogen functional groups attached to an aromatic ring is 1. The van der Waals surface area contributed by atoms with E-state index in [9.17, 15) is 0 Å². The van der Waals surface area contributed by atoms with Crippen LogP contribution in [-0.2, 0) is 5.75 Å². The van der Waals surface area contributed by atoms with Gasteiger partial charge in [0, 0.05) is 10.6 Å². The Morgan fingerprint density at radius 3 is 2.78 bits per heavy atom. The maximum atomic E-state index is 8.83. The van der Waals surface area contributed by atoms with E-state index in [0.717, 1.165) is 16.2 Å². The zero-order valence-electron chi connectivity index (χ0n) is 9.56.